The molecule has 2 rings (SSSR count). The van der Waals surface area contributed by atoms with E-state index in [1.54, 1.807) is 7.11 Å². The second-order valence-corrected chi connectivity index (χ2v) is 2.89. The third kappa shape index (κ3) is 1.96. The van der Waals surface area contributed by atoms with Crippen LogP contribution in [-0.2, 0) is 4.74 Å². The topological polar surface area (TPSA) is 42.8 Å². The van der Waals surface area contributed by atoms with E-state index in [4.69, 9.17) is 9.47 Å². The molecule has 4 nitrogen and oxygen atoms in total. The Hall–Kier alpha value is -1.71. The van der Waals surface area contributed by atoms with Crippen LogP contribution in [0.25, 0.3) is 0 Å². The first-order valence-corrected chi connectivity index (χ1v) is 4.47. The Labute approximate surface area is 82.6 Å². The van der Waals surface area contributed by atoms with E-state index in [2.05, 4.69) is 10.3 Å². The summed E-state index contributed by atoms with van der Waals surface area (Å²) in [7, 11) is 1.65. The summed E-state index contributed by atoms with van der Waals surface area (Å²) in [6, 6.07) is 8.21. The van der Waals surface area contributed by atoms with Crippen molar-refractivity contribution in [1.29, 1.82) is 0 Å². The molecule has 1 aromatic carbocycles. The summed E-state index contributed by atoms with van der Waals surface area (Å²) < 4.78 is 10.3. The zero-order valence-electron chi connectivity index (χ0n) is 7.99. The second kappa shape index (κ2) is 4.00. The van der Waals surface area contributed by atoms with Crippen LogP contribution in [0.15, 0.2) is 29.3 Å². The second-order valence-electron chi connectivity index (χ2n) is 2.89. The highest BCUT2D eigenvalue weighted by molar-refractivity contribution is 5.89. The van der Waals surface area contributed by atoms with Crippen LogP contribution in [0.4, 0.5) is 5.69 Å². The summed E-state index contributed by atoms with van der Waals surface area (Å²) >= 11 is 0. The van der Waals surface area contributed by atoms with Crippen molar-refractivity contribution in [2.24, 2.45) is 4.99 Å². The quantitative estimate of drug-likeness (QED) is 0.772. The molecule has 1 aliphatic rings. The minimum absolute atomic E-state index is 0.593. The summed E-state index contributed by atoms with van der Waals surface area (Å²) in [6.07, 6.45) is 0. The van der Waals surface area contributed by atoms with Crippen LogP contribution in [0.3, 0.4) is 0 Å². The lowest BCUT2D eigenvalue weighted by Gasteiger charge is -2.06. The Balaban J connectivity index is 2.02. The number of rotatable bonds is 2. The number of hydrogen-bond acceptors (Lipinski definition) is 4. The van der Waals surface area contributed by atoms with E-state index in [-0.39, 0.29) is 0 Å². The molecule has 1 N–H and O–H groups in total. The summed E-state index contributed by atoms with van der Waals surface area (Å²) in [4.78, 5) is 4.13. The number of amidine groups is 1. The molecular weight excluding hydrogens is 180 g/mol. The van der Waals surface area contributed by atoms with E-state index in [0.717, 1.165) is 18.0 Å². The van der Waals surface area contributed by atoms with E-state index in [9.17, 15) is 0 Å². The highest BCUT2D eigenvalue weighted by Gasteiger charge is 2.06. The van der Waals surface area contributed by atoms with Gasteiger partial charge in [0.1, 0.15) is 12.4 Å². The molecule has 74 valence electrons. The Kier molecular flexibility index (Phi) is 2.53. The number of nitrogens with zero attached hydrogens (tertiary/aromatic N) is 1. The fourth-order valence-electron chi connectivity index (χ4n) is 1.21. The zero-order chi connectivity index (χ0) is 9.80. The number of hydrogen-bond donors (Lipinski definition) is 1. The van der Waals surface area contributed by atoms with Crippen LogP contribution < -0.4 is 10.1 Å². The number of anilines is 1. The highest BCUT2D eigenvalue weighted by Crippen LogP contribution is 2.15. The summed E-state index contributed by atoms with van der Waals surface area (Å²) in [5.41, 5.74) is 0.950. The first-order chi connectivity index (χ1) is 6.88. The molecule has 0 unspecified atom stereocenters. The van der Waals surface area contributed by atoms with Gasteiger partial charge in [-0.1, -0.05) is 0 Å². The fraction of sp³-hybridized carbons (Fsp3) is 0.300. The number of aliphatic imine (C=N–C) groups is 1. The minimum atomic E-state index is 0.593. The number of methoxy groups -OCH3 is 1. The molecule has 0 atom stereocenters. The summed E-state index contributed by atoms with van der Waals surface area (Å²) in [5, 5.41) is 3.06. The van der Waals surface area contributed by atoms with Gasteiger partial charge in [-0.05, 0) is 24.3 Å². The van der Waals surface area contributed by atoms with Gasteiger partial charge in [0.05, 0.1) is 13.7 Å². The Morgan fingerprint density at radius 1 is 1.36 bits per heavy atom. The Morgan fingerprint density at radius 2 is 2.14 bits per heavy atom. The molecule has 0 saturated carbocycles. The molecule has 0 aliphatic carbocycles. The van der Waals surface area contributed by atoms with Crippen LogP contribution in [0.1, 0.15) is 0 Å². The van der Waals surface area contributed by atoms with Crippen LogP contribution in [0.5, 0.6) is 5.75 Å². The fourth-order valence-corrected chi connectivity index (χ4v) is 1.21. The summed E-state index contributed by atoms with van der Waals surface area (Å²) in [5.74, 6) is 0.838. The van der Waals surface area contributed by atoms with Crippen molar-refractivity contribution in [1.82, 2.24) is 0 Å². The molecule has 0 spiro atoms. The molecule has 0 amide bonds. The maximum absolute atomic E-state index is 5.22. The number of ether oxygens (including phenoxy) is 2. The zero-order valence-corrected chi connectivity index (χ0v) is 7.99. The van der Waals surface area contributed by atoms with Gasteiger partial charge in [0.15, 0.2) is 0 Å². The van der Waals surface area contributed by atoms with E-state index in [0.29, 0.717) is 12.6 Å². The van der Waals surface area contributed by atoms with Crippen molar-refractivity contribution in [2.75, 3.05) is 25.6 Å². The predicted octanol–water partition coefficient (Wildman–Crippen LogP) is 1.49. The third-order valence-electron chi connectivity index (χ3n) is 1.93. The van der Waals surface area contributed by atoms with E-state index >= 15 is 0 Å². The van der Waals surface area contributed by atoms with Crippen LogP contribution in [0, 0.1) is 0 Å². The van der Waals surface area contributed by atoms with Gasteiger partial charge < -0.3 is 14.8 Å². The maximum Gasteiger partial charge on any atom is 0.289 e. The molecule has 0 bridgehead atoms. The van der Waals surface area contributed by atoms with Crippen LogP contribution >= 0.6 is 0 Å². The molecule has 4 heteroatoms. The largest absolute Gasteiger partial charge is 0.497 e. The Bertz CT molecular complexity index is 332. The first kappa shape index (κ1) is 8.87. The molecule has 1 aromatic rings. The van der Waals surface area contributed by atoms with E-state index < -0.39 is 0 Å². The van der Waals surface area contributed by atoms with Crippen molar-refractivity contribution >= 4 is 11.7 Å². The lowest BCUT2D eigenvalue weighted by atomic mass is 10.3. The maximum atomic E-state index is 5.22. The molecule has 0 aromatic heterocycles. The third-order valence-corrected chi connectivity index (χ3v) is 1.93. The monoisotopic (exact) mass is 192 g/mol. The van der Waals surface area contributed by atoms with Crippen LogP contribution in [-0.4, -0.2) is 26.3 Å². The average Bonchev–Trinajstić information content (AvgIpc) is 2.72. The molecule has 1 aliphatic heterocycles. The lowest BCUT2D eigenvalue weighted by Crippen LogP contribution is -2.11. The first-order valence-electron chi connectivity index (χ1n) is 4.47. The average molecular weight is 192 g/mol. The van der Waals surface area contributed by atoms with Gasteiger partial charge >= 0.3 is 0 Å². The molecule has 0 saturated heterocycles. The minimum Gasteiger partial charge on any atom is -0.497 e. The van der Waals surface area contributed by atoms with Gasteiger partial charge in [-0.25, -0.2) is 4.99 Å². The standard InChI is InChI=1S/C10H12N2O2/c1-13-9-4-2-8(3-5-9)12-10-11-6-7-14-10/h2-5H,6-7H2,1H3,(H,11,12). The van der Waals surface area contributed by atoms with Crippen molar-refractivity contribution in [3.8, 4) is 5.75 Å². The lowest BCUT2D eigenvalue weighted by molar-refractivity contribution is 0.346. The number of nitrogens with one attached hydrogen (secondary N) is 1. The molecular formula is C10H12N2O2. The van der Waals surface area contributed by atoms with Crippen molar-refractivity contribution in [3.05, 3.63) is 24.3 Å². The predicted molar refractivity (Wildman–Crippen MR) is 54.9 cm³/mol. The molecule has 14 heavy (non-hydrogen) atoms. The summed E-state index contributed by atoms with van der Waals surface area (Å²) in [6.45, 7) is 1.40. The van der Waals surface area contributed by atoms with Gasteiger partial charge in [0.25, 0.3) is 6.02 Å². The number of benzene rings is 1. The molecule has 1 heterocycles. The van der Waals surface area contributed by atoms with Gasteiger partial charge in [-0.3, -0.25) is 0 Å². The van der Waals surface area contributed by atoms with Gasteiger partial charge in [-0.15, -0.1) is 0 Å². The van der Waals surface area contributed by atoms with Gasteiger partial charge in [-0.2, -0.15) is 0 Å². The van der Waals surface area contributed by atoms with Crippen molar-refractivity contribution in [2.45, 2.75) is 0 Å². The molecule has 0 fully saturated rings. The van der Waals surface area contributed by atoms with E-state index in [1.807, 2.05) is 24.3 Å². The SMILES string of the molecule is COc1ccc(NC2=NCCO2)cc1. The van der Waals surface area contributed by atoms with Crippen LogP contribution in [0.2, 0.25) is 0 Å². The van der Waals surface area contributed by atoms with Gasteiger partial charge in [0, 0.05) is 5.69 Å². The van der Waals surface area contributed by atoms with Crippen molar-refractivity contribution in [3.63, 3.8) is 0 Å². The molecule has 0 radical (unpaired) electrons. The Morgan fingerprint density at radius 3 is 2.71 bits per heavy atom. The highest BCUT2D eigenvalue weighted by atomic mass is 16.5. The normalized spacial score (nSPS) is 14.5. The smallest absolute Gasteiger partial charge is 0.289 e. The van der Waals surface area contributed by atoms with Gasteiger partial charge in [0.2, 0.25) is 0 Å². The van der Waals surface area contributed by atoms with Crippen molar-refractivity contribution < 1.29 is 9.47 Å². The van der Waals surface area contributed by atoms with E-state index in [1.165, 1.54) is 0 Å².